The van der Waals surface area contributed by atoms with Gasteiger partial charge in [0.25, 0.3) is 0 Å². The molecule has 0 saturated heterocycles. The van der Waals surface area contributed by atoms with Crippen molar-refractivity contribution in [2.45, 2.75) is 6.04 Å². The zero-order chi connectivity index (χ0) is 15.8. The number of hydrogen-bond donors (Lipinski definition) is 1. The fourth-order valence-corrected chi connectivity index (χ4v) is 2.95. The Morgan fingerprint density at radius 1 is 1.00 bits per heavy atom. The molecule has 0 radical (unpaired) electrons. The first-order valence-electron chi connectivity index (χ1n) is 7.11. The number of anilines is 1. The molecule has 0 bridgehead atoms. The zero-order valence-electron chi connectivity index (χ0n) is 11.9. The van der Waals surface area contributed by atoms with Gasteiger partial charge in [-0.15, -0.1) is 0 Å². The van der Waals surface area contributed by atoms with Crippen LogP contribution in [0.1, 0.15) is 17.2 Å². The highest BCUT2D eigenvalue weighted by Gasteiger charge is 2.23. The molecule has 1 aliphatic heterocycles. The van der Waals surface area contributed by atoms with Crippen molar-refractivity contribution >= 4 is 34.8 Å². The van der Waals surface area contributed by atoms with Crippen molar-refractivity contribution in [3.05, 3.63) is 82.1 Å². The van der Waals surface area contributed by atoms with E-state index in [2.05, 4.69) is 33.6 Å². The van der Waals surface area contributed by atoms with Gasteiger partial charge in [-0.05, 0) is 29.3 Å². The molecule has 1 aromatic heterocycles. The van der Waals surface area contributed by atoms with Gasteiger partial charge in [-0.1, -0.05) is 59.6 Å². The first-order chi connectivity index (χ1) is 11.2. The summed E-state index contributed by atoms with van der Waals surface area (Å²) in [7, 11) is 0. The highest BCUT2D eigenvalue weighted by molar-refractivity contribution is 6.42. The second-order valence-electron chi connectivity index (χ2n) is 5.22. The average molecular weight is 343 g/mol. The van der Waals surface area contributed by atoms with Gasteiger partial charge < -0.3 is 5.32 Å². The summed E-state index contributed by atoms with van der Waals surface area (Å²) in [6, 6.07) is 15.7. The molecule has 23 heavy (non-hydrogen) atoms. The van der Waals surface area contributed by atoms with Crippen LogP contribution in [-0.4, -0.2) is 14.8 Å². The predicted octanol–water partition coefficient (Wildman–Crippen LogP) is 4.64. The monoisotopic (exact) mass is 342 g/mol. The highest BCUT2D eigenvalue weighted by Crippen LogP contribution is 2.33. The van der Waals surface area contributed by atoms with Gasteiger partial charge in [0.15, 0.2) is 0 Å². The van der Waals surface area contributed by atoms with Crippen LogP contribution in [0, 0.1) is 0 Å². The van der Waals surface area contributed by atoms with Gasteiger partial charge in [0.2, 0.25) is 5.95 Å². The number of nitrogens with zero attached hydrogens (tertiary/aromatic N) is 3. The summed E-state index contributed by atoms with van der Waals surface area (Å²) in [5, 5.41) is 8.67. The third kappa shape index (κ3) is 2.60. The number of rotatable bonds is 2. The maximum absolute atomic E-state index is 6.15. The Morgan fingerprint density at radius 3 is 2.61 bits per heavy atom. The molecule has 1 N–H and O–H groups in total. The molecule has 0 fully saturated rings. The Balaban J connectivity index is 1.82. The van der Waals surface area contributed by atoms with Crippen LogP contribution >= 0.6 is 23.2 Å². The number of halogens is 2. The van der Waals surface area contributed by atoms with E-state index in [0.717, 1.165) is 16.8 Å². The molecule has 2 aromatic carbocycles. The van der Waals surface area contributed by atoms with E-state index in [9.17, 15) is 0 Å². The minimum atomic E-state index is -0.0283. The fourth-order valence-electron chi connectivity index (χ4n) is 2.65. The third-order valence-corrected chi connectivity index (χ3v) is 4.52. The largest absolute Gasteiger partial charge is 0.324 e. The first-order valence-corrected chi connectivity index (χ1v) is 7.87. The molecular weight excluding hydrogens is 331 g/mol. The van der Waals surface area contributed by atoms with Crippen molar-refractivity contribution in [3.8, 4) is 0 Å². The van der Waals surface area contributed by atoms with E-state index in [-0.39, 0.29) is 6.04 Å². The van der Waals surface area contributed by atoms with Crippen LogP contribution in [0.25, 0.3) is 5.70 Å². The number of allylic oxidation sites excluding steroid dienone is 1. The maximum Gasteiger partial charge on any atom is 0.226 e. The minimum absolute atomic E-state index is 0.0283. The molecule has 2 heterocycles. The number of aromatic nitrogens is 3. The average Bonchev–Trinajstić information content (AvgIpc) is 3.06. The molecular formula is C17H12Cl2N4. The van der Waals surface area contributed by atoms with E-state index >= 15 is 0 Å². The van der Waals surface area contributed by atoms with E-state index in [1.165, 1.54) is 0 Å². The number of hydrogen-bond acceptors (Lipinski definition) is 3. The summed E-state index contributed by atoms with van der Waals surface area (Å²) >= 11 is 12.2. The summed E-state index contributed by atoms with van der Waals surface area (Å²) in [4.78, 5) is 4.29. The predicted molar refractivity (Wildman–Crippen MR) is 92.7 cm³/mol. The van der Waals surface area contributed by atoms with Crippen LogP contribution in [0.5, 0.6) is 0 Å². The zero-order valence-corrected chi connectivity index (χ0v) is 13.5. The van der Waals surface area contributed by atoms with Crippen LogP contribution in [0.3, 0.4) is 0 Å². The van der Waals surface area contributed by atoms with Crippen molar-refractivity contribution in [2.75, 3.05) is 5.32 Å². The van der Waals surface area contributed by atoms with Gasteiger partial charge in [0.05, 0.1) is 10.0 Å². The Morgan fingerprint density at radius 2 is 1.83 bits per heavy atom. The molecule has 4 nitrogen and oxygen atoms in total. The number of nitrogens with one attached hydrogen (secondary N) is 1. The summed E-state index contributed by atoms with van der Waals surface area (Å²) < 4.78 is 1.86. The lowest BCUT2D eigenvalue weighted by Crippen LogP contribution is -2.20. The summed E-state index contributed by atoms with van der Waals surface area (Å²) in [6.07, 6.45) is 3.65. The van der Waals surface area contributed by atoms with E-state index in [1.54, 1.807) is 12.4 Å². The molecule has 0 unspecified atom stereocenters. The summed E-state index contributed by atoms with van der Waals surface area (Å²) in [5.74, 6) is 0.697. The lowest BCUT2D eigenvalue weighted by molar-refractivity contribution is 0.612. The van der Waals surface area contributed by atoms with Crippen LogP contribution in [0.4, 0.5) is 5.95 Å². The SMILES string of the molecule is Clc1ccc(C2=C[C@H](c3ccccc3)n3ncnc3N2)cc1Cl. The molecule has 1 aliphatic rings. The molecule has 4 rings (SSSR count). The highest BCUT2D eigenvalue weighted by atomic mass is 35.5. The number of fused-ring (bicyclic) bond motifs is 1. The van der Waals surface area contributed by atoms with Gasteiger partial charge in [-0.3, -0.25) is 0 Å². The third-order valence-electron chi connectivity index (χ3n) is 3.78. The minimum Gasteiger partial charge on any atom is -0.324 e. The summed E-state index contributed by atoms with van der Waals surface area (Å²) in [5.41, 5.74) is 3.02. The van der Waals surface area contributed by atoms with E-state index < -0.39 is 0 Å². The maximum atomic E-state index is 6.15. The van der Waals surface area contributed by atoms with Gasteiger partial charge in [-0.25, -0.2) is 4.68 Å². The van der Waals surface area contributed by atoms with Crippen molar-refractivity contribution in [1.29, 1.82) is 0 Å². The Hall–Kier alpha value is -2.30. The lowest BCUT2D eigenvalue weighted by Gasteiger charge is -2.24. The van der Waals surface area contributed by atoms with Gasteiger partial charge >= 0.3 is 0 Å². The van der Waals surface area contributed by atoms with Gasteiger partial charge in [-0.2, -0.15) is 10.1 Å². The fraction of sp³-hybridized carbons (Fsp3) is 0.0588. The van der Waals surface area contributed by atoms with E-state index in [1.807, 2.05) is 35.0 Å². The second kappa shape index (κ2) is 5.72. The normalized spacial score (nSPS) is 16.4. The Kier molecular flexibility index (Phi) is 3.56. The molecule has 6 heteroatoms. The molecule has 114 valence electrons. The standard InChI is InChI=1S/C17H12Cl2N4/c18-13-7-6-12(8-14(13)19)15-9-16(11-4-2-1-3-5-11)23-17(22-15)20-10-21-23/h1-10,16H,(H,20,21,22)/t16-/m1/s1. The van der Waals surface area contributed by atoms with E-state index in [0.29, 0.717) is 16.0 Å². The second-order valence-corrected chi connectivity index (χ2v) is 6.03. The lowest BCUT2D eigenvalue weighted by atomic mass is 10.0. The molecule has 0 spiro atoms. The number of benzene rings is 2. The molecule has 3 aromatic rings. The molecule has 0 amide bonds. The van der Waals surface area contributed by atoms with Crippen LogP contribution in [0.15, 0.2) is 60.9 Å². The van der Waals surface area contributed by atoms with Crippen molar-refractivity contribution < 1.29 is 0 Å². The van der Waals surface area contributed by atoms with Gasteiger partial charge in [0.1, 0.15) is 12.4 Å². The van der Waals surface area contributed by atoms with Gasteiger partial charge in [0, 0.05) is 5.70 Å². The molecule has 0 saturated carbocycles. The Bertz CT molecular complexity index is 887. The van der Waals surface area contributed by atoms with Crippen molar-refractivity contribution in [2.24, 2.45) is 0 Å². The van der Waals surface area contributed by atoms with Crippen molar-refractivity contribution in [3.63, 3.8) is 0 Å². The Labute approximate surface area is 143 Å². The van der Waals surface area contributed by atoms with Crippen molar-refractivity contribution in [1.82, 2.24) is 14.8 Å². The quantitative estimate of drug-likeness (QED) is 0.737. The van der Waals surface area contributed by atoms with Crippen LogP contribution in [-0.2, 0) is 0 Å². The van der Waals surface area contributed by atoms with Crippen LogP contribution in [0.2, 0.25) is 10.0 Å². The smallest absolute Gasteiger partial charge is 0.226 e. The molecule has 1 atom stereocenters. The topological polar surface area (TPSA) is 42.7 Å². The first kappa shape index (κ1) is 14.3. The summed E-state index contributed by atoms with van der Waals surface area (Å²) in [6.45, 7) is 0. The molecule has 0 aliphatic carbocycles. The van der Waals surface area contributed by atoms with Crippen LogP contribution < -0.4 is 5.32 Å². The van der Waals surface area contributed by atoms with E-state index in [4.69, 9.17) is 23.2 Å².